The maximum atomic E-state index is 11.8. The Labute approximate surface area is 115 Å². The summed E-state index contributed by atoms with van der Waals surface area (Å²) in [6.07, 6.45) is 4.05. The molecule has 1 unspecified atom stereocenters. The third-order valence-corrected chi connectivity index (χ3v) is 3.35. The first-order chi connectivity index (χ1) is 9.17. The molecule has 0 aliphatic heterocycles. The van der Waals surface area contributed by atoms with Crippen LogP contribution in [0.1, 0.15) is 45.9 Å². The number of carbonyl (C=O) groups is 1. The molecule has 19 heavy (non-hydrogen) atoms. The molecular formula is C14H25N3O2. The number of aryl methyl sites for hydroxylation is 1. The largest absolute Gasteiger partial charge is 0.466 e. The molecule has 0 N–H and O–H groups in total. The standard InChI is InChI=1S/C14H25N3O2/c1-5-16(6-2)12(9-14(18)19-8-4)13-10-15-11-17(13)7-3/h10-12H,5-9H2,1-4H3. The molecule has 0 aromatic carbocycles. The van der Waals surface area contributed by atoms with Gasteiger partial charge in [-0.25, -0.2) is 4.98 Å². The van der Waals surface area contributed by atoms with Crippen LogP contribution in [0.25, 0.3) is 0 Å². The van der Waals surface area contributed by atoms with Gasteiger partial charge in [0.05, 0.1) is 31.1 Å². The van der Waals surface area contributed by atoms with E-state index in [1.165, 1.54) is 0 Å². The molecule has 1 heterocycles. The van der Waals surface area contributed by atoms with Crippen LogP contribution in [0.15, 0.2) is 12.5 Å². The Bertz CT molecular complexity index is 386. The lowest BCUT2D eigenvalue weighted by Crippen LogP contribution is -2.32. The molecule has 0 saturated carbocycles. The first-order valence-corrected chi connectivity index (χ1v) is 7.07. The molecule has 0 radical (unpaired) electrons. The zero-order valence-electron chi connectivity index (χ0n) is 12.4. The lowest BCUT2D eigenvalue weighted by molar-refractivity contribution is -0.144. The molecular weight excluding hydrogens is 242 g/mol. The van der Waals surface area contributed by atoms with Crippen molar-refractivity contribution in [3.05, 3.63) is 18.2 Å². The van der Waals surface area contributed by atoms with Crippen LogP contribution in [0.3, 0.4) is 0 Å². The summed E-state index contributed by atoms with van der Waals surface area (Å²) in [5.74, 6) is -0.150. The van der Waals surface area contributed by atoms with E-state index in [1.54, 1.807) is 0 Å². The van der Waals surface area contributed by atoms with E-state index < -0.39 is 0 Å². The average Bonchev–Trinajstić information content (AvgIpc) is 2.87. The van der Waals surface area contributed by atoms with Crippen LogP contribution in [0.4, 0.5) is 0 Å². The van der Waals surface area contributed by atoms with E-state index >= 15 is 0 Å². The highest BCUT2D eigenvalue weighted by Crippen LogP contribution is 2.24. The van der Waals surface area contributed by atoms with E-state index in [0.717, 1.165) is 25.3 Å². The number of rotatable bonds is 8. The molecule has 0 fully saturated rings. The Morgan fingerprint density at radius 2 is 2.05 bits per heavy atom. The van der Waals surface area contributed by atoms with Crippen LogP contribution in [-0.4, -0.2) is 40.1 Å². The quantitative estimate of drug-likeness (QED) is 0.678. The van der Waals surface area contributed by atoms with Gasteiger partial charge in [-0.2, -0.15) is 0 Å². The normalized spacial score (nSPS) is 12.7. The van der Waals surface area contributed by atoms with Crippen LogP contribution in [-0.2, 0) is 16.1 Å². The van der Waals surface area contributed by atoms with Gasteiger partial charge in [0.1, 0.15) is 0 Å². The minimum Gasteiger partial charge on any atom is -0.466 e. The molecule has 5 nitrogen and oxygen atoms in total. The van der Waals surface area contributed by atoms with E-state index in [0.29, 0.717) is 13.0 Å². The Balaban J connectivity index is 2.94. The van der Waals surface area contributed by atoms with E-state index in [4.69, 9.17) is 4.74 Å². The van der Waals surface area contributed by atoms with Gasteiger partial charge in [0.15, 0.2) is 0 Å². The van der Waals surface area contributed by atoms with Crippen molar-refractivity contribution in [1.82, 2.24) is 14.5 Å². The van der Waals surface area contributed by atoms with Crippen LogP contribution in [0.5, 0.6) is 0 Å². The second-order valence-corrected chi connectivity index (χ2v) is 4.35. The molecule has 5 heteroatoms. The molecule has 0 bridgehead atoms. The van der Waals surface area contributed by atoms with E-state index in [2.05, 4.69) is 35.2 Å². The zero-order chi connectivity index (χ0) is 14.3. The summed E-state index contributed by atoms with van der Waals surface area (Å²) in [5, 5.41) is 0. The highest BCUT2D eigenvalue weighted by Gasteiger charge is 2.24. The topological polar surface area (TPSA) is 47.4 Å². The maximum Gasteiger partial charge on any atom is 0.307 e. The van der Waals surface area contributed by atoms with Crippen LogP contribution in [0.2, 0.25) is 0 Å². The van der Waals surface area contributed by atoms with E-state index in [-0.39, 0.29) is 12.0 Å². The molecule has 1 aromatic heterocycles. The third-order valence-electron chi connectivity index (χ3n) is 3.35. The number of hydrogen-bond acceptors (Lipinski definition) is 4. The third kappa shape index (κ3) is 4.06. The second kappa shape index (κ2) is 7.94. The minimum absolute atomic E-state index is 0.0384. The highest BCUT2D eigenvalue weighted by atomic mass is 16.5. The van der Waals surface area contributed by atoms with Crippen LogP contribution in [0, 0.1) is 0 Å². The molecule has 0 aliphatic carbocycles. The number of ether oxygens (including phenoxy) is 1. The van der Waals surface area contributed by atoms with Gasteiger partial charge in [-0.15, -0.1) is 0 Å². The second-order valence-electron chi connectivity index (χ2n) is 4.35. The monoisotopic (exact) mass is 267 g/mol. The van der Waals surface area contributed by atoms with Crippen molar-refractivity contribution < 1.29 is 9.53 Å². The summed E-state index contributed by atoms with van der Waals surface area (Å²) in [4.78, 5) is 18.3. The van der Waals surface area contributed by atoms with Gasteiger partial charge in [0.2, 0.25) is 0 Å². The number of carbonyl (C=O) groups excluding carboxylic acids is 1. The Kier molecular flexibility index (Phi) is 6.56. The molecule has 1 rings (SSSR count). The Morgan fingerprint density at radius 1 is 1.37 bits per heavy atom. The van der Waals surface area contributed by atoms with Crippen molar-refractivity contribution in [2.24, 2.45) is 0 Å². The summed E-state index contributed by atoms with van der Waals surface area (Å²) in [5.41, 5.74) is 1.08. The fourth-order valence-electron chi connectivity index (χ4n) is 2.34. The summed E-state index contributed by atoms with van der Waals surface area (Å²) >= 11 is 0. The minimum atomic E-state index is -0.150. The SMILES string of the molecule is CCOC(=O)CC(c1cncn1CC)N(CC)CC. The average molecular weight is 267 g/mol. The van der Waals surface area contributed by atoms with Gasteiger partial charge < -0.3 is 9.30 Å². The van der Waals surface area contributed by atoms with Gasteiger partial charge in [0, 0.05) is 12.7 Å². The lowest BCUT2D eigenvalue weighted by atomic mass is 10.1. The molecule has 0 aliphatic rings. The number of imidazole rings is 1. The Hall–Kier alpha value is -1.36. The van der Waals surface area contributed by atoms with Gasteiger partial charge in [-0.1, -0.05) is 13.8 Å². The summed E-state index contributed by atoms with van der Waals surface area (Å²) in [6.45, 7) is 11.2. The number of nitrogens with zero attached hydrogens (tertiary/aromatic N) is 3. The van der Waals surface area contributed by atoms with Crippen molar-refractivity contribution >= 4 is 5.97 Å². The molecule has 0 spiro atoms. The van der Waals surface area contributed by atoms with E-state index in [9.17, 15) is 4.79 Å². The highest BCUT2D eigenvalue weighted by molar-refractivity contribution is 5.70. The first-order valence-electron chi connectivity index (χ1n) is 7.07. The van der Waals surface area contributed by atoms with Crippen molar-refractivity contribution in [3.8, 4) is 0 Å². The number of aromatic nitrogens is 2. The molecule has 1 atom stereocenters. The van der Waals surface area contributed by atoms with Gasteiger partial charge >= 0.3 is 5.97 Å². The predicted octanol–water partition coefficient (Wildman–Crippen LogP) is 2.24. The van der Waals surface area contributed by atoms with Crippen molar-refractivity contribution in [1.29, 1.82) is 0 Å². The smallest absolute Gasteiger partial charge is 0.307 e. The van der Waals surface area contributed by atoms with Crippen LogP contribution < -0.4 is 0 Å². The van der Waals surface area contributed by atoms with Crippen molar-refractivity contribution in [3.63, 3.8) is 0 Å². The first kappa shape index (κ1) is 15.7. The van der Waals surface area contributed by atoms with Crippen molar-refractivity contribution in [2.45, 2.75) is 46.7 Å². The summed E-state index contributed by atoms with van der Waals surface area (Å²) in [6, 6.07) is 0.0384. The van der Waals surface area contributed by atoms with Crippen molar-refractivity contribution in [2.75, 3.05) is 19.7 Å². The fourth-order valence-corrected chi connectivity index (χ4v) is 2.34. The zero-order valence-corrected chi connectivity index (χ0v) is 12.4. The molecule has 0 amide bonds. The predicted molar refractivity (Wildman–Crippen MR) is 74.8 cm³/mol. The van der Waals surface area contributed by atoms with Crippen LogP contribution >= 0.6 is 0 Å². The molecule has 1 aromatic rings. The molecule has 0 saturated heterocycles. The Morgan fingerprint density at radius 3 is 2.58 bits per heavy atom. The fraction of sp³-hybridized carbons (Fsp3) is 0.714. The maximum absolute atomic E-state index is 11.8. The number of esters is 1. The molecule has 108 valence electrons. The summed E-state index contributed by atoms with van der Waals surface area (Å²) in [7, 11) is 0. The van der Waals surface area contributed by atoms with Gasteiger partial charge in [0.25, 0.3) is 0 Å². The van der Waals surface area contributed by atoms with Gasteiger partial charge in [-0.3, -0.25) is 9.69 Å². The summed E-state index contributed by atoms with van der Waals surface area (Å²) < 4.78 is 7.17. The van der Waals surface area contributed by atoms with Gasteiger partial charge in [-0.05, 0) is 26.9 Å². The lowest BCUT2D eigenvalue weighted by Gasteiger charge is -2.29. The number of hydrogen-bond donors (Lipinski definition) is 0. The van der Waals surface area contributed by atoms with E-state index in [1.807, 2.05) is 19.4 Å².